The zero-order valence-corrected chi connectivity index (χ0v) is 18.4. The van der Waals surface area contributed by atoms with Gasteiger partial charge in [0.2, 0.25) is 5.91 Å². The summed E-state index contributed by atoms with van der Waals surface area (Å²) in [5.41, 5.74) is 3.53. The van der Waals surface area contributed by atoms with Crippen molar-refractivity contribution in [3.8, 4) is 5.75 Å². The first kappa shape index (κ1) is 19.9. The van der Waals surface area contributed by atoms with Crippen molar-refractivity contribution in [3.63, 3.8) is 0 Å². The molecule has 5 rings (SSSR count). The smallest absolute Gasteiger partial charge is 0.226 e. The van der Waals surface area contributed by atoms with Gasteiger partial charge in [0.15, 0.2) is 0 Å². The van der Waals surface area contributed by atoms with Crippen molar-refractivity contribution in [3.05, 3.63) is 29.5 Å². The Morgan fingerprint density at radius 3 is 2.57 bits per heavy atom. The van der Waals surface area contributed by atoms with Gasteiger partial charge >= 0.3 is 0 Å². The van der Waals surface area contributed by atoms with E-state index >= 15 is 0 Å². The maximum absolute atomic E-state index is 13.5. The summed E-state index contributed by atoms with van der Waals surface area (Å²) in [7, 11) is 5.94. The molecular formula is C24H33N3O3. The molecule has 0 bridgehead atoms. The number of aliphatic hydroxyl groups is 1. The highest BCUT2D eigenvalue weighted by Crippen LogP contribution is 2.50. The summed E-state index contributed by atoms with van der Waals surface area (Å²) in [6.45, 7) is 2.74. The zero-order chi connectivity index (χ0) is 21.0. The van der Waals surface area contributed by atoms with Crippen molar-refractivity contribution >= 4 is 16.8 Å². The normalized spacial score (nSPS) is 24.1. The molecule has 1 amide bonds. The minimum atomic E-state index is -0.276. The van der Waals surface area contributed by atoms with Gasteiger partial charge in [-0.3, -0.25) is 4.79 Å². The van der Waals surface area contributed by atoms with Gasteiger partial charge < -0.3 is 24.2 Å². The number of aliphatic hydroxyl groups excluding tert-OH is 1. The molecule has 1 N–H and O–H groups in total. The minimum Gasteiger partial charge on any atom is -0.497 e. The molecule has 1 atom stereocenters. The highest BCUT2D eigenvalue weighted by molar-refractivity contribution is 5.90. The van der Waals surface area contributed by atoms with Gasteiger partial charge in [-0.1, -0.05) is 6.42 Å². The molecule has 1 saturated heterocycles. The van der Waals surface area contributed by atoms with E-state index in [1.165, 1.54) is 10.9 Å². The van der Waals surface area contributed by atoms with Gasteiger partial charge in [-0.05, 0) is 63.5 Å². The van der Waals surface area contributed by atoms with E-state index < -0.39 is 0 Å². The van der Waals surface area contributed by atoms with Crippen LogP contribution in [0.2, 0.25) is 0 Å². The predicted molar refractivity (Wildman–Crippen MR) is 117 cm³/mol. The Morgan fingerprint density at radius 2 is 1.97 bits per heavy atom. The Bertz CT molecular complexity index is 970. The fourth-order valence-electron chi connectivity index (χ4n) is 5.93. The zero-order valence-electron chi connectivity index (χ0n) is 18.4. The number of aryl methyl sites for hydroxylation is 1. The Balaban J connectivity index is 1.71. The summed E-state index contributed by atoms with van der Waals surface area (Å²) >= 11 is 0. The minimum absolute atomic E-state index is 0.0389. The number of piperidine rings is 1. The second kappa shape index (κ2) is 7.27. The van der Waals surface area contributed by atoms with Crippen molar-refractivity contribution in [2.24, 2.45) is 13.0 Å². The molecular weight excluding hydrogens is 378 g/mol. The lowest BCUT2D eigenvalue weighted by molar-refractivity contribution is -0.144. The number of nitrogens with zero attached hydrogens (tertiary/aromatic N) is 3. The summed E-state index contributed by atoms with van der Waals surface area (Å²) in [5, 5.41) is 11.7. The molecule has 6 heteroatoms. The lowest BCUT2D eigenvalue weighted by Crippen LogP contribution is -2.56. The van der Waals surface area contributed by atoms with Gasteiger partial charge in [0.1, 0.15) is 5.75 Å². The molecule has 3 aliphatic rings. The fourth-order valence-corrected chi connectivity index (χ4v) is 5.93. The average Bonchev–Trinajstić information content (AvgIpc) is 3.02. The Labute approximate surface area is 178 Å². The largest absolute Gasteiger partial charge is 0.497 e. The van der Waals surface area contributed by atoms with Crippen LogP contribution >= 0.6 is 0 Å². The average molecular weight is 412 g/mol. The van der Waals surface area contributed by atoms with Gasteiger partial charge in [0.05, 0.1) is 25.3 Å². The molecule has 1 aromatic carbocycles. The molecule has 3 heterocycles. The highest BCUT2D eigenvalue weighted by atomic mass is 16.5. The van der Waals surface area contributed by atoms with Crippen LogP contribution in [0.1, 0.15) is 49.4 Å². The van der Waals surface area contributed by atoms with E-state index in [2.05, 4.69) is 35.7 Å². The predicted octanol–water partition coefficient (Wildman–Crippen LogP) is 2.83. The third-order valence-corrected chi connectivity index (χ3v) is 8.00. The number of carbonyl (C=O) groups excluding carboxylic acids is 1. The number of ether oxygens (including phenoxy) is 1. The lowest BCUT2D eigenvalue weighted by Gasteiger charge is -2.51. The highest BCUT2D eigenvalue weighted by Gasteiger charge is 2.50. The summed E-state index contributed by atoms with van der Waals surface area (Å²) in [6, 6.07) is 6.01. The van der Waals surface area contributed by atoms with Crippen molar-refractivity contribution < 1.29 is 14.6 Å². The van der Waals surface area contributed by atoms with E-state index in [1.54, 1.807) is 7.11 Å². The first-order valence-corrected chi connectivity index (χ1v) is 11.3. The summed E-state index contributed by atoms with van der Waals surface area (Å²) in [6.07, 6.45) is 5.19. The van der Waals surface area contributed by atoms with Crippen molar-refractivity contribution in [1.29, 1.82) is 0 Å². The van der Waals surface area contributed by atoms with Gasteiger partial charge in [-0.2, -0.15) is 0 Å². The Hall–Kier alpha value is -2.05. The van der Waals surface area contributed by atoms with Crippen LogP contribution in [0.15, 0.2) is 18.2 Å². The molecule has 0 radical (unpaired) electrons. The second-order valence-corrected chi connectivity index (χ2v) is 9.58. The van der Waals surface area contributed by atoms with E-state index in [1.807, 2.05) is 11.0 Å². The van der Waals surface area contributed by atoms with Gasteiger partial charge in [0.25, 0.3) is 0 Å². The SMILES string of the molecule is COc1ccc2c3c(n(C)c2c1)[C@H](CO)N(C(=O)C1CCC1)CC31CCN(C)CC1. The third-order valence-electron chi connectivity index (χ3n) is 8.00. The number of amides is 1. The van der Waals surface area contributed by atoms with Gasteiger partial charge in [-0.25, -0.2) is 0 Å². The van der Waals surface area contributed by atoms with E-state index in [-0.39, 0.29) is 29.9 Å². The first-order chi connectivity index (χ1) is 14.5. The molecule has 2 fully saturated rings. The fraction of sp³-hybridized carbons (Fsp3) is 0.625. The van der Waals surface area contributed by atoms with E-state index in [4.69, 9.17) is 4.74 Å². The molecule has 0 unspecified atom stereocenters. The Kier molecular flexibility index (Phi) is 4.82. The molecule has 6 nitrogen and oxygen atoms in total. The van der Waals surface area contributed by atoms with E-state index in [0.717, 1.165) is 68.7 Å². The summed E-state index contributed by atoms with van der Waals surface area (Å²) < 4.78 is 7.70. The van der Waals surface area contributed by atoms with Crippen LogP contribution < -0.4 is 4.74 Å². The van der Waals surface area contributed by atoms with Crippen molar-refractivity contribution in [2.75, 3.05) is 40.4 Å². The second-order valence-electron chi connectivity index (χ2n) is 9.58. The van der Waals surface area contributed by atoms with Crippen molar-refractivity contribution in [1.82, 2.24) is 14.4 Å². The monoisotopic (exact) mass is 411 g/mol. The summed E-state index contributed by atoms with van der Waals surface area (Å²) in [5.74, 6) is 1.21. The lowest BCUT2D eigenvalue weighted by atomic mass is 9.67. The molecule has 1 spiro atoms. The standard InChI is InChI=1S/C24H33N3O3/c1-25-11-9-24(10-12-25)15-27(23(29)16-5-4-6-16)20(14-28)22-21(24)18-8-7-17(30-3)13-19(18)26(22)2/h7-8,13,16,20,28H,4-6,9-12,14-15H2,1-3H3/t20-/m0/s1. The van der Waals surface area contributed by atoms with Gasteiger partial charge in [-0.15, -0.1) is 0 Å². The molecule has 1 saturated carbocycles. The van der Waals surface area contributed by atoms with Gasteiger partial charge in [0, 0.05) is 42.1 Å². The molecule has 162 valence electrons. The molecule has 30 heavy (non-hydrogen) atoms. The number of rotatable bonds is 3. The van der Waals surface area contributed by atoms with Crippen LogP contribution in [-0.4, -0.2) is 65.8 Å². The molecule has 1 aromatic heterocycles. The maximum Gasteiger partial charge on any atom is 0.226 e. The number of hydrogen-bond acceptors (Lipinski definition) is 4. The number of carbonyl (C=O) groups is 1. The van der Waals surface area contributed by atoms with E-state index in [9.17, 15) is 9.90 Å². The first-order valence-electron chi connectivity index (χ1n) is 11.3. The van der Waals surface area contributed by atoms with E-state index in [0.29, 0.717) is 0 Å². The number of benzene rings is 1. The Morgan fingerprint density at radius 1 is 1.23 bits per heavy atom. The summed E-state index contributed by atoms with van der Waals surface area (Å²) in [4.78, 5) is 17.9. The van der Waals surface area contributed by atoms with Crippen molar-refractivity contribution in [2.45, 2.75) is 43.6 Å². The number of hydrogen-bond donors (Lipinski definition) is 1. The third kappa shape index (κ3) is 2.80. The van der Waals surface area contributed by atoms with Crippen LogP contribution in [0.25, 0.3) is 10.9 Å². The number of fused-ring (bicyclic) bond motifs is 4. The maximum atomic E-state index is 13.5. The van der Waals surface area contributed by atoms with Crippen LogP contribution in [0, 0.1) is 5.92 Å². The molecule has 1 aliphatic carbocycles. The number of likely N-dealkylation sites (tertiary alicyclic amines) is 1. The topological polar surface area (TPSA) is 57.9 Å². The molecule has 2 aromatic rings. The van der Waals surface area contributed by atoms with Crippen LogP contribution in [0.4, 0.5) is 0 Å². The number of methoxy groups -OCH3 is 1. The van der Waals surface area contributed by atoms with Crippen LogP contribution in [-0.2, 0) is 17.3 Å². The van der Waals surface area contributed by atoms with Crippen LogP contribution in [0.5, 0.6) is 5.75 Å². The number of aromatic nitrogens is 1. The van der Waals surface area contributed by atoms with Crippen LogP contribution in [0.3, 0.4) is 0 Å². The quantitative estimate of drug-likeness (QED) is 0.844. The molecule has 2 aliphatic heterocycles.